The average molecular weight is 249 g/mol. The summed E-state index contributed by atoms with van der Waals surface area (Å²) in [5, 5.41) is 13.4. The maximum atomic E-state index is 8.91. The summed E-state index contributed by atoms with van der Waals surface area (Å²) in [7, 11) is 0. The molecule has 0 saturated heterocycles. The van der Waals surface area contributed by atoms with Gasteiger partial charge in [-0.15, -0.1) is 0 Å². The lowest BCUT2D eigenvalue weighted by Gasteiger charge is -2.01. The Labute approximate surface area is 110 Å². The van der Waals surface area contributed by atoms with Gasteiger partial charge in [-0.1, -0.05) is 18.2 Å². The van der Waals surface area contributed by atoms with E-state index >= 15 is 0 Å². The molecular weight excluding hydrogens is 238 g/mol. The van der Waals surface area contributed by atoms with Crippen LogP contribution >= 0.6 is 0 Å². The third kappa shape index (κ3) is 2.24. The van der Waals surface area contributed by atoms with Crippen LogP contribution < -0.4 is 0 Å². The molecule has 5 heteroatoms. The normalized spacial score (nSPS) is 10.3. The molecule has 0 bridgehead atoms. The van der Waals surface area contributed by atoms with Gasteiger partial charge >= 0.3 is 0 Å². The van der Waals surface area contributed by atoms with Crippen LogP contribution in [0.4, 0.5) is 0 Å². The van der Waals surface area contributed by atoms with Crippen molar-refractivity contribution >= 4 is 0 Å². The lowest BCUT2D eigenvalue weighted by Crippen LogP contribution is -2.03. The Morgan fingerprint density at radius 2 is 1.95 bits per heavy atom. The van der Waals surface area contributed by atoms with E-state index < -0.39 is 0 Å². The summed E-state index contributed by atoms with van der Waals surface area (Å²) in [6, 6.07) is 13.9. The summed E-state index contributed by atoms with van der Waals surface area (Å²) >= 11 is 0. The van der Waals surface area contributed by atoms with E-state index in [0.29, 0.717) is 12.4 Å². The second kappa shape index (κ2) is 4.78. The summed E-state index contributed by atoms with van der Waals surface area (Å²) in [5.74, 6) is 0.397. The average Bonchev–Trinajstić information content (AvgIpc) is 3.09. The molecular formula is C14H11N5. The van der Waals surface area contributed by atoms with E-state index in [0.717, 1.165) is 11.4 Å². The Hall–Kier alpha value is -2.87. The van der Waals surface area contributed by atoms with Crippen LogP contribution in [-0.4, -0.2) is 19.3 Å². The van der Waals surface area contributed by atoms with Crippen LogP contribution in [0.1, 0.15) is 11.5 Å². The molecule has 0 unspecified atom stereocenters. The molecule has 92 valence electrons. The summed E-state index contributed by atoms with van der Waals surface area (Å²) in [5.41, 5.74) is 1.90. The highest BCUT2D eigenvalue weighted by molar-refractivity contribution is 5.30. The predicted octanol–water partition coefficient (Wildman–Crippen LogP) is 1.99. The predicted molar refractivity (Wildman–Crippen MR) is 69.6 cm³/mol. The van der Waals surface area contributed by atoms with Crippen molar-refractivity contribution in [1.82, 2.24) is 19.3 Å². The van der Waals surface area contributed by atoms with Crippen molar-refractivity contribution < 1.29 is 0 Å². The van der Waals surface area contributed by atoms with Crippen LogP contribution in [0.2, 0.25) is 0 Å². The second-order valence-electron chi connectivity index (χ2n) is 4.08. The second-order valence-corrected chi connectivity index (χ2v) is 4.08. The fraction of sp³-hybridized carbons (Fsp3) is 0.0714. The summed E-state index contributed by atoms with van der Waals surface area (Å²) in [6.07, 6.45) is 5.31. The number of nitrogens with zero attached hydrogens (tertiary/aromatic N) is 5. The van der Waals surface area contributed by atoms with Crippen LogP contribution in [0, 0.1) is 11.3 Å². The van der Waals surface area contributed by atoms with E-state index in [1.165, 1.54) is 0 Å². The number of imidazole rings is 1. The first kappa shape index (κ1) is 11.2. The van der Waals surface area contributed by atoms with Gasteiger partial charge in [0.15, 0.2) is 0 Å². The van der Waals surface area contributed by atoms with Crippen molar-refractivity contribution in [3.63, 3.8) is 0 Å². The molecule has 19 heavy (non-hydrogen) atoms. The molecule has 0 aliphatic heterocycles. The molecule has 0 spiro atoms. The Balaban J connectivity index is 1.85. The van der Waals surface area contributed by atoms with Gasteiger partial charge in [-0.2, -0.15) is 10.4 Å². The minimum Gasteiger partial charge on any atom is -0.317 e. The molecule has 0 saturated carbocycles. The topological polar surface area (TPSA) is 59.4 Å². The molecule has 0 radical (unpaired) electrons. The smallest absolute Gasteiger partial charge is 0.213 e. The lowest BCUT2D eigenvalue weighted by atomic mass is 10.3. The van der Waals surface area contributed by atoms with Crippen molar-refractivity contribution in [3.8, 4) is 11.8 Å². The van der Waals surface area contributed by atoms with Crippen molar-refractivity contribution in [2.75, 3.05) is 0 Å². The van der Waals surface area contributed by atoms with E-state index in [1.807, 2.05) is 47.3 Å². The number of rotatable bonds is 3. The van der Waals surface area contributed by atoms with Gasteiger partial charge in [0.05, 0.1) is 17.9 Å². The third-order valence-corrected chi connectivity index (χ3v) is 2.81. The Kier molecular flexibility index (Phi) is 2.83. The monoisotopic (exact) mass is 249 g/mol. The molecule has 5 nitrogen and oxygen atoms in total. The minimum absolute atomic E-state index is 0.397. The van der Waals surface area contributed by atoms with Crippen LogP contribution in [0.5, 0.6) is 0 Å². The number of benzene rings is 1. The van der Waals surface area contributed by atoms with Gasteiger partial charge in [0, 0.05) is 18.6 Å². The van der Waals surface area contributed by atoms with Crippen LogP contribution in [-0.2, 0) is 6.54 Å². The zero-order chi connectivity index (χ0) is 13.1. The number of hydrogen-bond donors (Lipinski definition) is 0. The first-order chi connectivity index (χ1) is 9.36. The van der Waals surface area contributed by atoms with Crippen molar-refractivity contribution in [3.05, 3.63) is 66.5 Å². The SMILES string of the molecule is N#Cc1nccn1Cc1ccn(-c2ccccc2)n1. The first-order valence-electron chi connectivity index (χ1n) is 5.88. The van der Waals surface area contributed by atoms with Crippen LogP contribution in [0.3, 0.4) is 0 Å². The van der Waals surface area contributed by atoms with Crippen LogP contribution in [0.15, 0.2) is 55.0 Å². The van der Waals surface area contributed by atoms with E-state index in [2.05, 4.69) is 16.2 Å². The summed E-state index contributed by atoms with van der Waals surface area (Å²) < 4.78 is 3.59. The molecule has 2 heterocycles. The van der Waals surface area contributed by atoms with Crippen molar-refractivity contribution in [1.29, 1.82) is 5.26 Å². The standard InChI is InChI=1S/C14H11N5/c15-10-14-16-7-9-18(14)11-12-6-8-19(17-12)13-4-2-1-3-5-13/h1-9H,11H2. The third-order valence-electron chi connectivity index (χ3n) is 2.81. The fourth-order valence-corrected chi connectivity index (χ4v) is 1.89. The quantitative estimate of drug-likeness (QED) is 0.713. The first-order valence-corrected chi connectivity index (χ1v) is 5.88. The van der Waals surface area contributed by atoms with Gasteiger partial charge in [0.25, 0.3) is 0 Å². The summed E-state index contributed by atoms with van der Waals surface area (Å²) in [4.78, 5) is 3.96. The van der Waals surface area contributed by atoms with E-state index in [-0.39, 0.29) is 0 Å². The van der Waals surface area contributed by atoms with E-state index in [1.54, 1.807) is 17.0 Å². The van der Waals surface area contributed by atoms with Crippen molar-refractivity contribution in [2.45, 2.75) is 6.54 Å². The Morgan fingerprint density at radius 1 is 1.11 bits per heavy atom. The summed E-state index contributed by atoms with van der Waals surface area (Å²) in [6.45, 7) is 0.544. The van der Waals surface area contributed by atoms with Crippen LogP contribution in [0.25, 0.3) is 5.69 Å². The Bertz CT molecular complexity index is 718. The van der Waals surface area contributed by atoms with Gasteiger partial charge in [0.1, 0.15) is 6.07 Å². The molecule has 0 aliphatic rings. The highest BCUT2D eigenvalue weighted by Crippen LogP contribution is 2.08. The maximum absolute atomic E-state index is 8.91. The van der Waals surface area contributed by atoms with Gasteiger partial charge < -0.3 is 4.57 Å². The number of para-hydroxylation sites is 1. The van der Waals surface area contributed by atoms with Gasteiger partial charge in [-0.3, -0.25) is 0 Å². The zero-order valence-electron chi connectivity index (χ0n) is 10.1. The van der Waals surface area contributed by atoms with Gasteiger partial charge in [-0.25, -0.2) is 9.67 Å². The Morgan fingerprint density at radius 3 is 2.74 bits per heavy atom. The molecule has 2 aromatic heterocycles. The molecule has 0 aliphatic carbocycles. The molecule has 3 aromatic rings. The lowest BCUT2D eigenvalue weighted by molar-refractivity contribution is 0.735. The molecule has 1 aromatic carbocycles. The largest absolute Gasteiger partial charge is 0.317 e. The molecule has 0 atom stereocenters. The fourth-order valence-electron chi connectivity index (χ4n) is 1.89. The van der Waals surface area contributed by atoms with E-state index in [9.17, 15) is 0 Å². The van der Waals surface area contributed by atoms with Gasteiger partial charge in [-0.05, 0) is 18.2 Å². The highest BCUT2D eigenvalue weighted by Gasteiger charge is 2.05. The van der Waals surface area contributed by atoms with Gasteiger partial charge in [0.2, 0.25) is 5.82 Å². The molecule has 3 rings (SSSR count). The molecule has 0 amide bonds. The highest BCUT2D eigenvalue weighted by atomic mass is 15.3. The maximum Gasteiger partial charge on any atom is 0.213 e. The minimum atomic E-state index is 0.397. The van der Waals surface area contributed by atoms with Crippen molar-refractivity contribution in [2.24, 2.45) is 0 Å². The molecule has 0 N–H and O–H groups in total. The molecule has 0 fully saturated rings. The number of aromatic nitrogens is 4. The van der Waals surface area contributed by atoms with E-state index in [4.69, 9.17) is 5.26 Å². The number of hydrogen-bond acceptors (Lipinski definition) is 3. The zero-order valence-corrected chi connectivity index (χ0v) is 10.1. The number of nitriles is 1.